The summed E-state index contributed by atoms with van der Waals surface area (Å²) < 4.78 is 17.2. The molecule has 0 aliphatic carbocycles. The van der Waals surface area contributed by atoms with Crippen LogP contribution in [0.4, 0.5) is 4.39 Å². The van der Waals surface area contributed by atoms with E-state index in [2.05, 4.69) is 5.32 Å². The van der Waals surface area contributed by atoms with E-state index < -0.39 is 6.67 Å². The van der Waals surface area contributed by atoms with Crippen LogP contribution in [0.3, 0.4) is 0 Å². The van der Waals surface area contributed by atoms with Gasteiger partial charge in [-0.05, 0) is 13.1 Å². The molecule has 1 aromatic rings. The summed E-state index contributed by atoms with van der Waals surface area (Å²) in [5, 5.41) is 3.52. The predicted octanol–water partition coefficient (Wildman–Crippen LogP) is 2.41. The molecule has 1 rings (SSSR count). The van der Waals surface area contributed by atoms with Crippen molar-refractivity contribution in [2.45, 2.75) is 6.54 Å². The normalized spacial score (nSPS) is 10.2. The summed E-state index contributed by atoms with van der Waals surface area (Å²) in [5.74, 6) is 0.571. The van der Waals surface area contributed by atoms with Crippen molar-refractivity contribution < 1.29 is 9.13 Å². The molecule has 0 atom stereocenters. The molecule has 0 unspecified atom stereocenters. The fraction of sp³-hybridized carbons (Fsp3) is 0.400. The van der Waals surface area contributed by atoms with Gasteiger partial charge in [-0.25, -0.2) is 4.39 Å². The maximum Gasteiger partial charge on any atom is 0.142 e. The van der Waals surface area contributed by atoms with Crippen LogP contribution in [0.15, 0.2) is 18.2 Å². The lowest BCUT2D eigenvalue weighted by Gasteiger charge is -2.11. The molecule has 14 heavy (non-hydrogen) atoms. The molecular weight excluding hydrogens is 205 g/mol. The van der Waals surface area contributed by atoms with E-state index in [1.165, 1.54) is 0 Å². The highest BCUT2D eigenvalue weighted by Gasteiger charge is 2.07. The lowest BCUT2D eigenvalue weighted by Crippen LogP contribution is -2.08. The molecule has 0 fully saturated rings. The predicted molar refractivity (Wildman–Crippen MR) is 55.7 cm³/mol. The molecule has 0 heterocycles. The molecule has 0 saturated carbocycles. The molecule has 1 aromatic carbocycles. The molecule has 0 amide bonds. The van der Waals surface area contributed by atoms with Gasteiger partial charge in [-0.2, -0.15) is 0 Å². The van der Waals surface area contributed by atoms with E-state index in [4.69, 9.17) is 16.3 Å². The quantitative estimate of drug-likeness (QED) is 0.818. The van der Waals surface area contributed by atoms with E-state index in [0.717, 1.165) is 5.56 Å². The van der Waals surface area contributed by atoms with Crippen LogP contribution >= 0.6 is 11.6 Å². The molecule has 0 bridgehead atoms. The highest BCUT2D eigenvalue weighted by molar-refractivity contribution is 6.32. The molecule has 0 radical (unpaired) electrons. The number of para-hydroxylation sites is 1. The molecule has 0 saturated heterocycles. The summed E-state index contributed by atoms with van der Waals surface area (Å²) in [7, 11) is 1.83. The Bertz CT molecular complexity index is 293. The summed E-state index contributed by atoms with van der Waals surface area (Å²) in [5.41, 5.74) is 0.938. The number of hydrogen-bond acceptors (Lipinski definition) is 2. The third-order valence-electron chi connectivity index (χ3n) is 1.74. The van der Waals surface area contributed by atoms with Crippen molar-refractivity contribution in [2.24, 2.45) is 0 Å². The monoisotopic (exact) mass is 217 g/mol. The maximum absolute atomic E-state index is 11.9. The third kappa shape index (κ3) is 2.86. The molecule has 4 heteroatoms. The minimum atomic E-state index is -0.510. The maximum atomic E-state index is 11.9. The van der Waals surface area contributed by atoms with Crippen molar-refractivity contribution in [1.82, 2.24) is 5.32 Å². The molecular formula is C10H13ClFNO. The van der Waals surface area contributed by atoms with Gasteiger partial charge in [0.15, 0.2) is 0 Å². The summed E-state index contributed by atoms with van der Waals surface area (Å²) in [6.07, 6.45) is 0. The van der Waals surface area contributed by atoms with Gasteiger partial charge in [0.25, 0.3) is 0 Å². The van der Waals surface area contributed by atoms with Crippen LogP contribution < -0.4 is 10.1 Å². The van der Waals surface area contributed by atoms with Crippen molar-refractivity contribution >= 4 is 11.6 Å². The van der Waals surface area contributed by atoms with Crippen molar-refractivity contribution in [3.05, 3.63) is 28.8 Å². The minimum Gasteiger partial charge on any atom is -0.489 e. The second kappa shape index (κ2) is 5.83. The van der Waals surface area contributed by atoms with Crippen LogP contribution in [0, 0.1) is 0 Å². The van der Waals surface area contributed by atoms with Gasteiger partial charge < -0.3 is 10.1 Å². The number of hydrogen-bond donors (Lipinski definition) is 1. The van der Waals surface area contributed by atoms with E-state index in [9.17, 15) is 4.39 Å². The number of rotatable bonds is 5. The zero-order valence-corrected chi connectivity index (χ0v) is 8.77. The molecule has 2 nitrogen and oxygen atoms in total. The van der Waals surface area contributed by atoms with Crippen LogP contribution in [0.25, 0.3) is 0 Å². The van der Waals surface area contributed by atoms with E-state index in [1.54, 1.807) is 6.07 Å². The Hall–Kier alpha value is -0.800. The fourth-order valence-corrected chi connectivity index (χ4v) is 1.43. The van der Waals surface area contributed by atoms with Crippen molar-refractivity contribution in [2.75, 3.05) is 20.3 Å². The highest BCUT2D eigenvalue weighted by Crippen LogP contribution is 2.28. The lowest BCUT2D eigenvalue weighted by molar-refractivity contribution is 0.271. The van der Waals surface area contributed by atoms with E-state index in [-0.39, 0.29) is 6.61 Å². The average Bonchev–Trinajstić information content (AvgIpc) is 2.18. The Morgan fingerprint density at radius 1 is 1.50 bits per heavy atom. The minimum absolute atomic E-state index is 0.0421. The van der Waals surface area contributed by atoms with Gasteiger partial charge in [0.1, 0.15) is 19.0 Å². The first-order chi connectivity index (χ1) is 6.79. The Morgan fingerprint density at radius 3 is 2.93 bits per heavy atom. The first-order valence-electron chi connectivity index (χ1n) is 4.40. The third-order valence-corrected chi connectivity index (χ3v) is 2.04. The van der Waals surface area contributed by atoms with Gasteiger partial charge >= 0.3 is 0 Å². The first-order valence-corrected chi connectivity index (χ1v) is 4.78. The molecule has 1 N–H and O–H groups in total. The molecule has 0 aliphatic heterocycles. The van der Waals surface area contributed by atoms with Gasteiger partial charge in [-0.3, -0.25) is 0 Å². The van der Waals surface area contributed by atoms with Crippen LogP contribution in [-0.4, -0.2) is 20.3 Å². The smallest absolute Gasteiger partial charge is 0.142 e. The van der Waals surface area contributed by atoms with Crippen LogP contribution in [-0.2, 0) is 6.54 Å². The standard InChI is InChI=1S/C10H13ClFNO/c1-13-7-8-3-2-4-9(11)10(8)14-6-5-12/h2-4,13H,5-7H2,1H3. The number of nitrogens with one attached hydrogen (secondary N) is 1. The first kappa shape index (κ1) is 11.3. The van der Waals surface area contributed by atoms with Gasteiger partial charge in [-0.15, -0.1) is 0 Å². The Morgan fingerprint density at radius 2 is 2.29 bits per heavy atom. The Kier molecular flexibility index (Phi) is 4.70. The zero-order chi connectivity index (χ0) is 10.4. The zero-order valence-electron chi connectivity index (χ0n) is 8.02. The summed E-state index contributed by atoms with van der Waals surface area (Å²) in [4.78, 5) is 0. The number of benzene rings is 1. The van der Waals surface area contributed by atoms with Crippen molar-refractivity contribution in [3.8, 4) is 5.75 Å². The molecule has 78 valence electrons. The van der Waals surface area contributed by atoms with Crippen LogP contribution in [0.1, 0.15) is 5.56 Å². The summed E-state index contributed by atoms with van der Waals surface area (Å²) >= 11 is 5.93. The molecule has 0 aromatic heterocycles. The Labute approximate surface area is 88.0 Å². The van der Waals surface area contributed by atoms with Gasteiger partial charge in [0.2, 0.25) is 0 Å². The van der Waals surface area contributed by atoms with E-state index in [1.807, 2.05) is 19.2 Å². The van der Waals surface area contributed by atoms with Crippen LogP contribution in [0.5, 0.6) is 5.75 Å². The largest absolute Gasteiger partial charge is 0.489 e. The molecule has 0 spiro atoms. The van der Waals surface area contributed by atoms with E-state index >= 15 is 0 Å². The van der Waals surface area contributed by atoms with Crippen molar-refractivity contribution in [1.29, 1.82) is 0 Å². The van der Waals surface area contributed by atoms with Gasteiger partial charge in [0, 0.05) is 12.1 Å². The van der Waals surface area contributed by atoms with Gasteiger partial charge in [0.05, 0.1) is 5.02 Å². The Balaban J connectivity index is 2.84. The fourth-order valence-electron chi connectivity index (χ4n) is 1.19. The summed E-state index contributed by atoms with van der Waals surface area (Å²) in [6.45, 7) is 0.187. The number of alkyl halides is 1. The second-order valence-electron chi connectivity index (χ2n) is 2.80. The summed E-state index contributed by atoms with van der Waals surface area (Å²) in [6, 6.07) is 5.47. The molecule has 0 aliphatic rings. The number of ether oxygens (including phenoxy) is 1. The van der Waals surface area contributed by atoms with Gasteiger partial charge in [-0.1, -0.05) is 23.7 Å². The van der Waals surface area contributed by atoms with Crippen LogP contribution in [0.2, 0.25) is 5.02 Å². The second-order valence-corrected chi connectivity index (χ2v) is 3.20. The number of halogens is 2. The SMILES string of the molecule is CNCc1cccc(Cl)c1OCCF. The topological polar surface area (TPSA) is 21.3 Å². The lowest BCUT2D eigenvalue weighted by atomic mass is 10.2. The average molecular weight is 218 g/mol. The van der Waals surface area contributed by atoms with Crippen molar-refractivity contribution in [3.63, 3.8) is 0 Å². The highest BCUT2D eigenvalue weighted by atomic mass is 35.5. The van der Waals surface area contributed by atoms with E-state index in [0.29, 0.717) is 17.3 Å².